The van der Waals surface area contributed by atoms with E-state index in [2.05, 4.69) is 17.7 Å². The molecule has 0 aliphatic carbocycles. The van der Waals surface area contributed by atoms with Crippen LogP contribution in [0.4, 0.5) is 0 Å². The highest BCUT2D eigenvalue weighted by molar-refractivity contribution is 7.89. The molecule has 1 saturated heterocycles. The average Bonchev–Trinajstić information content (AvgIpc) is 3.30. The van der Waals surface area contributed by atoms with Gasteiger partial charge in [-0.3, -0.25) is 4.79 Å². The van der Waals surface area contributed by atoms with E-state index in [-0.39, 0.29) is 17.2 Å². The van der Waals surface area contributed by atoms with Gasteiger partial charge >= 0.3 is 0 Å². The smallest absolute Gasteiger partial charge is 0.242 e. The number of piperidine rings is 1. The Bertz CT molecular complexity index is 1040. The summed E-state index contributed by atoms with van der Waals surface area (Å²) < 4.78 is 30.5. The number of nitrogens with one attached hydrogen (secondary N) is 1. The van der Waals surface area contributed by atoms with Crippen LogP contribution in [0.25, 0.3) is 0 Å². The second-order valence-electron chi connectivity index (χ2n) is 7.95. The highest BCUT2D eigenvalue weighted by Crippen LogP contribution is 2.26. The minimum Gasteiger partial charge on any atom is -0.341 e. The molecule has 3 heterocycles. The van der Waals surface area contributed by atoms with Gasteiger partial charge in [-0.25, -0.2) is 8.42 Å². The summed E-state index contributed by atoms with van der Waals surface area (Å²) in [4.78, 5) is 16.9. The lowest BCUT2D eigenvalue weighted by molar-refractivity contribution is -0.134. The number of hydrogen-bond acceptors (Lipinski definition) is 5. The molecule has 0 spiro atoms. The van der Waals surface area contributed by atoms with E-state index in [0.717, 1.165) is 17.7 Å². The lowest BCUT2D eigenvalue weighted by Gasteiger charge is -2.33. The van der Waals surface area contributed by atoms with Gasteiger partial charge in [0.2, 0.25) is 15.9 Å². The molecule has 0 saturated carbocycles. The number of aromatic nitrogens is 1. The Hall–Kier alpha value is -2.15. The fourth-order valence-electron chi connectivity index (χ4n) is 3.79. The maximum absolute atomic E-state index is 13.2. The van der Waals surface area contributed by atoms with Crippen molar-refractivity contribution in [3.63, 3.8) is 0 Å². The first-order chi connectivity index (χ1) is 14.2. The molecule has 1 N–H and O–H groups in total. The molecule has 162 valence electrons. The minimum absolute atomic E-state index is 0.194. The minimum atomic E-state index is -3.83. The molecular weight excluding hydrogens is 420 g/mol. The predicted molar refractivity (Wildman–Crippen MR) is 117 cm³/mol. The molecule has 0 aromatic carbocycles. The quantitative estimate of drug-likeness (QED) is 0.704. The third kappa shape index (κ3) is 5.12. The molecule has 2 aromatic rings. The van der Waals surface area contributed by atoms with Crippen molar-refractivity contribution in [3.8, 4) is 6.07 Å². The van der Waals surface area contributed by atoms with Gasteiger partial charge in [0.25, 0.3) is 0 Å². The van der Waals surface area contributed by atoms with E-state index in [1.807, 2.05) is 6.92 Å². The summed E-state index contributed by atoms with van der Waals surface area (Å²) >= 11 is 1.42. The molecule has 7 nitrogen and oxygen atoms in total. The van der Waals surface area contributed by atoms with Gasteiger partial charge in [-0.05, 0) is 57.2 Å². The van der Waals surface area contributed by atoms with Crippen molar-refractivity contribution >= 4 is 27.3 Å². The summed E-state index contributed by atoms with van der Waals surface area (Å²) in [7, 11) is -3.83. The third-order valence-corrected chi connectivity index (χ3v) is 8.27. The number of hydrogen-bond donors (Lipinski definition) is 1. The molecule has 1 amide bonds. The molecule has 2 aromatic heterocycles. The first-order valence-corrected chi connectivity index (χ1v) is 12.4. The predicted octanol–water partition coefficient (Wildman–Crippen LogP) is 3.03. The summed E-state index contributed by atoms with van der Waals surface area (Å²) in [6.07, 6.45) is 3.88. The molecule has 1 aliphatic heterocycles. The van der Waals surface area contributed by atoms with Crippen molar-refractivity contribution in [2.24, 2.45) is 5.92 Å². The largest absolute Gasteiger partial charge is 0.341 e. The van der Waals surface area contributed by atoms with E-state index in [9.17, 15) is 18.5 Å². The SMILES string of the molecule is Cc1cc(S(=O)(=O)NC(CCn2cccc2C#N)C(=O)N2CCC(C)CC2)c(C)s1. The summed E-state index contributed by atoms with van der Waals surface area (Å²) in [6.45, 7) is 7.46. The molecule has 3 rings (SSSR count). The maximum Gasteiger partial charge on any atom is 0.242 e. The van der Waals surface area contributed by atoms with Gasteiger partial charge in [0, 0.05) is 35.6 Å². The van der Waals surface area contributed by atoms with Crippen LogP contribution in [0.3, 0.4) is 0 Å². The van der Waals surface area contributed by atoms with E-state index in [1.165, 1.54) is 11.3 Å². The number of rotatable bonds is 7. The molecular formula is C21H28N4O3S2. The lowest BCUT2D eigenvalue weighted by atomic mass is 9.98. The number of nitrogens with zero attached hydrogens (tertiary/aromatic N) is 3. The second-order valence-corrected chi connectivity index (χ2v) is 11.1. The lowest BCUT2D eigenvalue weighted by Crippen LogP contribution is -2.50. The number of carbonyl (C=O) groups is 1. The first-order valence-electron chi connectivity index (χ1n) is 10.1. The number of nitriles is 1. The van der Waals surface area contributed by atoms with Crippen LogP contribution in [0.15, 0.2) is 29.3 Å². The zero-order valence-electron chi connectivity index (χ0n) is 17.6. The standard InChI is InChI=1S/C21H28N4O3S2/c1-15-6-10-25(11-7-15)21(26)19(8-12-24-9-4-5-18(24)14-22)23-30(27,28)20-13-16(2)29-17(20)3/h4-5,9,13,15,19,23H,6-8,10-12H2,1-3H3. The Labute approximate surface area is 182 Å². The Morgan fingerprint density at radius 2 is 2.07 bits per heavy atom. The van der Waals surface area contributed by atoms with Gasteiger partial charge in [-0.1, -0.05) is 6.92 Å². The van der Waals surface area contributed by atoms with Crippen molar-refractivity contribution in [2.45, 2.75) is 57.5 Å². The van der Waals surface area contributed by atoms with Gasteiger partial charge in [0.1, 0.15) is 17.8 Å². The van der Waals surface area contributed by atoms with E-state index in [4.69, 9.17) is 0 Å². The molecule has 9 heteroatoms. The molecule has 1 atom stereocenters. The van der Waals surface area contributed by atoms with Gasteiger partial charge in [-0.2, -0.15) is 9.98 Å². The van der Waals surface area contributed by atoms with Gasteiger partial charge in [-0.15, -0.1) is 11.3 Å². The highest BCUT2D eigenvalue weighted by Gasteiger charge is 2.32. The maximum atomic E-state index is 13.2. The van der Waals surface area contributed by atoms with Gasteiger partial charge in [0.05, 0.1) is 4.90 Å². The van der Waals surface area contributed by atoms with E-state index >= 15 is 0 Å². The van der Waals surface area contributed by atoms with Crippen LogP contribution in [-0.4, -0.2) is 42.9 Å². The topological polar surface area (TPSA) is 95.2 Å². The van der Waals surface area contributed by atoms with Crippen LogP contribution in [-0.2, 0) is 21.4 Å². The van der Waals surface area contributed by atoms with Crippen LogP contribution in [0.5, 0.6) is 0 Å². The van der Waals surface area contributed by atoms with Crippen LogP contribution >= 0.6 is 11.3 Å². The summed E-state index contributed by atoms with van der Waals surface area (Å²) in [5.41, 5.74) is 0.486. The first kappa shape index (κ1) is 22.5. The van der Waals surface area contributed by atoms with Crippen molar-refractivity contribution in [1.29, 1.82) is 5.26 Å². The summed E-state index contributed by atoms with van der Waals surface area (Å²) in [5, 5.41) is 9.22. The Kier molecular flexibility index (Phi) is 7.01. The number of sulfonamides is 1. The Balaban J connectivity index is 1.82. The fraction of sp³-hybridized carbons (Fsp3) is 0.524. The zero-order chi connectivity index (χ0) is 21.9. The molecule has 1 unspecified atom stereocenters. The second kappa shape index (κ2) is 9.33. The van der Waals surface area contributed by atoms with Crippen LogP contribution < -0.4 is 4.72 Å². The van der Waals surface area contributed by atoms with Crippen molar-refractivity contribution in [2.75, 3.05) is 13.1 Å². The van der Waals surface area contributed by atoms with Crippen molar-refractivity contribution in [3.05, 3.63) is 39.8 Å². The van der Waals surface area contributed by atoms with Crippen molar-refractivity contribution in [1.82, 2.24) is 14.2 Å². The molecule has 0 radical (unpaired) electrons. The monoisotopic (exact) mass is 448 g/mol. The normalized spacial score (nSPS) is 16.4. The Morgan fingerprint density at radius 3 is 2.67 bits per heavy atom. The summed E-state index contributed by atoms with van der Waals surface area (Å²) in [5.74, 6) is 0.374. The zero-order valence-corrected chi connectivity index (χ0v) is 19.2. The molecule has 1 fully saturated rings. The third-order valence-electron chi connectivity index (χ3n) is 5.58. The average molecular weight is 449 g/mol. The molecule has 0 bridgehead atoms. The number of likely N-dealkylation sites (tertiary alicyclic amines) is 1. The highest BCUT2D eigenvalue weighted by atomic mass is 32.2. The van der Waals surface area contributed by atoms with E-state index in [0.29, 0.717) is 36.1 Å². The van der Waals surface area contributed by atoms with Gasteiger partial charge in [0.15, 0.2) is 0 Å². The number of carbonyl (C=O) groups excluding carboxylic acids is 1. The van der Waals surface area contributed by atoms with Crippen molar-refractivity contribution < 1.29 is 13.2 Å². The van der Waals surface area contributed by atoms with Crippen LogP contribution in [0.1, 0.15) is 41.6 Å². The fourth-order valence-corrected chi connectivity index (χ4v) is 6.56. The number of amides is 1. The van der Waals surface area contributed by atoms with Crippen LogP contribution in [0.2, 0.25) is 0 Å². The van der Waals surface area contributed by atoms with Crippen LogP contribution in [0, 0.1) is 31.1 Å². The number of aryl methyl sites for hydroxylation is 3. The van der Waals surface area contributed by atoms with E-state index in [1.54, 1.807) is 40.8 Å². The molecule has 30 heavy (non-hydrogen) atoms. The number of thiophene rings is 1. The molecule has 1 aliphatic rings. The summed E-state index contributed by atoms with van der Waals surface area (Å²) in [6, 6.07) is 6.34. The van der Waals surface area contributed by atoms with Gasteiger partial charge < -0.3 is 9.47 Å². The van der Waals surface area contributed by atoms with E-state index < -0.39 is 16.1 Å². The Morgan fingerprint density at radius 1 is 1.37 bits per heavy atom.